The first kappa shape index (κ1) is 16.0. The fourth-order valence-corrected chi connectivity index (χ4v) is 3.14. The Kier molecular flexibility index (Phi) is 4.63. The molecule has 1 fully saturated rings. The second-order valence-electron chi connectivity index (χ2n) is 6.54. The van der Waals surface area contributed by atoms with Crippen molar-refractivity contribution < 1.29 is 4.74 Å². The third kappa shape index (κ3) is 3.54. The lowest BCUT2D eigenvalue weighted by molar-refractivity contribution is -0.0398. The molecule has 1 aliphatic heterocycles. The van der Waals surface area contributed by atoms with Gasteiger partial charge in [0.1, 0.15) is 0 Å². The fourth-order valence-electron chi connectivity index (χ4n) is 3.14. The minimum absolute atomic E-state index is 0.137. The van der Waals surface area contributed by atoms with Crippen LogP contribution in [0.15, 0.2) is 33.9 Å². The third-order valence-electron chi connectivity index (χ3n) is 4.12. The largest absolute Gasteiger partial charge is 0.374 e. The zero-order chi connectivity index (χ0) is 16.4. The van der Waals surface area contributed by atoms with E-state index in [9.17, 15) is 9.59 Å². The SMILES string of the molecule is CC(C)CN1CCO[C@H](Cn2c(=O)[nH]c3ccccc3c2=O)C1. The van der Waals surface area contributed by atoms with Crippen LogP contribution in [-0.2, 0) is 11.3 Å². The normalized spacial score (nSPS) is 19.5. The van der Waals surface area contributed by atoms with E-state index in [2.05, 4.69) is 23.7 Å². The van der Waals surface area contributed by atoms with E-state index in [0.717, 1.165) is 19.6 Å². The number of hydrogen-bond acceptors (Lipinski definition) is 4. The fraction of sp³-hybridized carbons (Fsp3) is 0.529. The number of aromatic nitrogens is 2. The van der Waals surface area contributed by atoms with E-state index in [1.54, 1.807) is 24.3 Å². The number of ether oxygens (including phenoxy) is 1. The summed E-state index contributed by atoms with van der Waals surface area (Å²) in [5, 5.41) is 0.530. The lowest BCUT2D eigenvalue weighted by Gasteiger charge is -2.33. The molecule has 6 heteroatoms. The number of nitrogens with one attached hydrogen (secondary N) is 1. The smallest absolute Gasteiger partial charge is 0.328 e. The summed E-state index contributed by atoms with van der Waals surface area (Å²) < 4.78 is 7.02. The van der Waals surface area contributed by atoms with Crippen LogP contribution in [-0.4, -0.2) is 46.8 Å². The van der Waals surface area contributed by atoms with Gasteiger partial charge in [-0.15, -0.1) is 0 Å². The number of morpholine rings is 1. The Hall–Kier alpha value is -1.92. The average Bonchev–Trinajstić information content (AvgIpc) is 2.51. The molecule has 0 spiro atoms. The van der Waals surface area contributed by atoms with Crippen molar-refractivity contribution >= 4 is 10.9 Å². The maximum Gasteiger partial charge on any atom is 0.328 e. The molecular weight excluding hydrogens is 294 g/mol. The van der Waals surface area contributed by atoms with Gasteiger partial charge in [-0.2, -0.15) is 0 Å². The number of H-pyrrole nitrogens is 1. The van der Waals surface area contributed by atoms with E-state index in [-0.39, 0.29) is 23.9 Å². The maximum absolute atomic E-state index is 12.6. The van der Waals surface area contributed by atoms with Crippen LogP contribution < -0.4 is 11.2 Å². The number of rotatable bonds is 4. The molecule has 1 saturated heterocycles. The summed E-state index contributed by atoms with van der Waals surface area (Å²) in [6, 6.07) is 7.07. The van der Waals surface area contributed by atoms with Gasteiger partial charge in [-0.3, -0.25) is 14.3 Å². The molecule has 124 valence electrons. The van der Waals surface area contributed by atoms with Crippen molar-refractivity contribution in [1.29, 1.82) is 0 Å². The standard InChI is InChI=1S/C17H23N3O3/c1-12(2)9-19-7-8-23-13(10-19)11-20-16(21)14-5-3-4-6-15(14)18-17(20)22/h3-6,12-13H,7-11H2,1-2H3,(H,18,22)/t13-/m0/s1. The summed E-state index contributed by atoms with van der Waals surface area (Å²) in [4.78, 5) is 29.9. The average molecular weight is 317 g/mol. The van der Waals surface area contributed by atoms with Gasteiger partial charge in [-0.05, 0) is 18.1 Å². The van der Waals surface area contributed by atoms with Crippen molar-refractivity contribution in [3.05, 3.63) is 45.1 Å². The van der Waals surface area contributed by atoms with E-state index in [1.165, 1.54) is 4.57 Å². The number of nitrogens with zero attached hydrogens (tertiary/aromatic N) is 2. The van der Waals surface area contributed by atoms with Crippen molar-refractivity contribution in [1.82, 2.24) is 14.5 Å². The van der Waals surface area contributed by atoms with Crippen molar-refractivity contribution in [2.75, 3.05) is 26.2 Å². The number of fused-ring (bicyclic) bond motifs is 1. The topological polar surface area (TPSA) is 67.3 Å². The van der Waals surface area contributed by atoms with Crippen LogP contribution in [0.4, 0.5) is 0 Å². The van der Waals surface area contributed by atoms with Gasteiger partial charge in [0.25, 0.3) is 5.56 Å². The Labute approximate surface area is 134 Å². The van der Waals surface area contributed by atoms with Crippen LogP contribution in [0.1, 0.15) is 13.8 Å². The summed E-state index contributed by atoms with van der Waals surface area (Å²) in [5.41, 5.74) is -0.0584. The Morgan fingerprint density at radius 2 is 2.09 bits per heavy atom. The first-order valence-electron chi connectivity index (χ1n) is 8.10. The van der Waals surface area contributed by atoms with Gasteiger partial charge in [0, 0.05) is 19.6 Å². The Bertz CT molecular complexity index is 794. The molecule has 1 atom stereocenters. The van der Waals surface area contributed by atoms with E-state index in [1.807, 2.05) is 0 Å². The number of hydrogen-bond donors (Lipinski definition) is 1. The first-order chi connectivity index (χ1) is 11.0. The molecule has 0 unspecified atom stereocenters. The van der Waals surface area contributed by atoms with Crippen LogP contribution in [0.5, 0.6) is 0 Å². The summed E-state index contributed by atoms with van der Waals surface area (Å²) in [5.74, 6) is 0.584. The zero-order valence-electron chi connectivity index (χ0n) is 13.6. The van der Waals surface area contributed by atoms with Crippen molar-refractivity contribution in [2.24, 2.45) is 5.92 Å². The predicted octanol–water partition coefficient (Wildman–Crippen LogP) is 1.05. The van der Waals surface area contributed by atoms with E-state index < -0.39 is 0 Å². The van der Waals surface area contributed by atoms with Gasteiger partial charge in [0.2, 0.25) is 0 Å². The van der Waals surface area contributed by atoms with Crippen LogP contribution in [0.2, 0.25) is 0 Å². The Morgan fingerprint density at radius 3 is 2.87 bits per heavy atom. The van der Waals surface area contributed by atoms with Crippen molar-refractivity contribution in [2.45, 2.75) is 26.5 Å². The monoisotopic (exact) mass is 317 g/mol. The summed E-state index contributed by atoms with van der Waals surface area (Å²) in [6.07, 6.45) is -0.137. The molecule has 0 radical (unpaired) electrons. The van der Waals surface area contributed by atoms with E-state index in [4.69, 9.17) is 4.74 Å². The quantitative estimate of drug-likeness (QED) is 0.915. The molecule has 0 amide bonds. The zero-order valence-corrected chi connectivity index (χ0v) is 13.6. The van der Waals surface area contributed by atoms with Gasteiger partial charge < -0.3 is 9.72 Å². The molecule has 1 aliphatic rings. The summed E-state index contributed by atoms with van der Waals surface area (Å²) in [7, 11) is 0. The minimum Gasteiger partial charge on any atom is -0.374 e. The van der Waals surface area contributed by atoms with Crippen LogP contribution in [0, 0.1) is 5.92 Å². The number of para-hydroxylation sites is 1. The highest BCUT2D eigenvalue weighted by atomic mass is 16.5. The molecule has 1 N–H and O–H groups in total. The molecule has 0 saturated carbocycles. The molecular formula is C17H23N3O3. The lowest BCUT2D eigenvalue weighted by Crippen LogP contribution is -2.48. The van der Waals surface area contributed by atoms with Crippen LogP contribution in [0.3, 0.4) is 0 Å². The second kappa shape index (κ2) is 6.68. The molecule has 0 bridgehead atoms. The third-order valence-corrected chi connectivity index (χ3v) is 4.12. The van der Waals surface area contributed by atoms with Gasteiger partial charge in [-0.25, -0.2) is 4.79 Å². The molecule has 1 aromatic carbocycles. The minimum atomic E-state index is -0.377. The molecule has 2 aromatic rings. The lowest BCUT2D eigenvalue weighted by atomic mass is 10.1. The summed E-state index contributed by atoms with van der Waals surface area (Å²) in [6.45, 7) is 7.94. The second-order valence-corrected chi connectivity index (χ2v) is 6.54. The molecule has 23 heavy (non-hydrogen) atoms. The van der Waals surface area contributed by atoms with Gasteiger partial charge in [-0.1, -0.05) is 26.0 Å². The van der Waals surface area contributed by atoms with E-state index >= 15 is 0 Å². The first-order valence-corrected chi connectivity index (χ1v) is 8.10. The molecule has 0 aliphatic carbocycles. The highest BCUT2D eigenvalue weighted by molar-refractivity contribution is 5.76. The van der Waals surface area contributed by atoms with Crippen LogP contribution in [0.25, 0.3) is 10.9 Å². The molecule has 6 nitrogen and oxygen atoms in total. The van der Waals surface area contributed by atoms with Crippen molar-refractivity contribution in [3.8, 4) is 0 Å². The van der Waals surface area contributed by atoms with Gasteiger partial charge in [0.15, 0.2) is 0 Å². The van der Waals surface area contributed by atoms with Gasteiger partial charge in [0.05, 0.1) is 30.2 Å². The molecule has 2 heterocycles. The molecule has 1 aromatic heterocycles. The maximum atomic E-state index is 12.6. The Morgan fingerprint density at radius 1 is 1.30 bits per heavy atom. The number of benzene rings is 1. The number of aromatic amines is 1. The highest BCUT2D eigenvalue weighted by Gasteiger charge is 2.22. The Balaban J connectivity index is 1.84. The summed E-state index contributed by atoms with van der Waals surface area (Å²) >= 11 is 0. The van der Waals surface area contributed by atoms with Gasteiger partial charge >= 0.3 is 5.69 Å². The predicted molar refractivity (Wildman–Crippen MR) is 89.8 cm³/mol. The highest BCUT2D eigenvalue weighted by Crippen LogP contribution is 2.09. The van der Waals surface area contributed by atoms with Crippen LogP contribution >= 0.6 is 0 Å². The van der Waals surface area contributed by atoms with E-state index in [0.29, 0.717) is 23.4 Å². The molecule has 3 rings (SSSR count). The van der Waals surface area contributed by atoms with Crippen molar-refractivity contribution in [3.63, 3.8) is 0 Å².